The van der Waals surface area contributed by atoms with Gasteiger partial charge < -0.3 is 5.11 Å². The third-order valence-electron chi connectivity index (χ3n) is 3.01. The van der Waals surface area contributed by atoms with E-state index in [2.05, 4.69) is 20.8 Å². The van der Waals surface area contributed by atoms with Gasteiger partial charge in [0.05, 0.1) is 6.10 Å². The molecule has 0 amide bonds. The maximum absolute atomic E-state index is 9.38. The van der Waals surface area contributed by atoms with Crippen molar-refractivity contribution in [2.24, 2.45) is 5.41 Å². The van der Waals surface area contributed by atoms with E-state index in [0.29, 0.717) is 5.41 Å². The highest BCUT2D eigenvalue weighted by Gasteiger charge is 2.26. The smallest absolute Gasteiger partial charge is 0.0517 e. The fourth-order valence-electron chi connectivity index (χ4n) is 2.15. The summed E-state index contributed by atoms with van der Waals surface area (Å²) in [7, 11) is 0. The van der Waals surface area contributed by atoms with Gasteiger partial charge in [-0.2, -0.15) is 0 Å². The van der Waals surface area contributed by atoms with Gasteiger partial charge in [-0.1, -0.05) is 40.0 Å². The molecular weight excluding hydrogens is 148 g/mol. The van der Waals surface area contributed by atoms with Crippen LogP contribution in [0.2, 0.25) is 0 Å². The standard InChI is InChI=1S/C11H24O/c1-5-8-11(6-2,7-3)9-10(4)12/h10,12H,5-9H2,1-4H3. The van der Waals surface area contributed by atoms with E-state index in [1.54, 1.807) is 0 Å². The Morgan fingerprint density at radius 3 is 1.92 bits per heavy atom. The van der Waals surface area contributed by atoms with Gasteiger partial charge in [-0.05, 0) is 25.2 Å². The molecule has 0 saturated carbocycles. The summed E-state index contributed by atoms with van der Waals surface area (Å²) in [6, 6.07) is 0. The number of aliphatic hydroxyl groups excluding tert-OH is 1. The molecule has 1 N–H and O–H groups in total. The lowest BCUT2D eigenvalue weighted by atomic mass is 9.74. The van der Waals surface area contributed by atoms with Crippen molar-refractivity contribution in [1.82, 2.24) is 0 Å². The van der Waals surface area contributed by atoms with Gasteiger partial charge in [0, 0.05) is 0 Å². The lowest BCUT2D eigenvalue weighted by molar-refractivity contribution is 0.0957. The van der Waals surface area contributed by atoms with Crippen molar-refractivity contribution in [2.45, 2.75) is 65.9 Å². The van der Waals surface area contributed by atoms with Crippen molar-refractivity contribution in [3.8, 4) is 0 Å². The second kappa shape index (κ2) is 5.58. The normalized spacial score (nSPS) is 14.8. The van der Waals surface area contributed by atoms with Crippen LogP contribution in [0.15, 0.2) is 0 Å². The molecule has 12 heavy (non-hydrogen) atoms. The van der Waals surface area contributed by atoms with E-state index >= 15 is 0 Å². The third-order valence-corrected chi connectivity index (χ3v) is 3.01. The number of hydrogen-bond donors (Lipinski definition) is 1. The molecule has 74 valence electrons. The molecule has 1 atom stereocenters. The van der Waals surface area contributed by atoms with E-state index in [-0.39, 0.29) is 6.10 Å². The zero-order valence-corrected chi connectivity index (χ0v) is 9.06. The van der Waals surface area contributed by atoms with Gasteiger partial charge in [-0.15, -0.1) is 0 Å². The van der Waals surface area contributed by atoms with Crippen LogP contribution in [-0.2, 0) is 0 Å². The maximum Gasteiger partial charge on any atom is 0.0517 e. The Kier molecular flexibility index (Phi) is 5.56. The predicted molar refractivity (Wildman–Crippen MR) is 54.2 cm³/mol. The van der Waals surface area contributed by atoms with Gasteiger partial charge in [0.25, 0.3) is 0 Å². The van der Waals surface area contributed by atoms with Crippen molar-refractivity contribution in [3.05, 3.63) is 0 Å². The van der Waals surface area contributed by atoms with E-state index in [1.807, 2.05) is 6.92 Å². The van der Waals surface area contributed by atoms with Gasteiger partial charge in [0.2, 0.25) is 0 Å². The summed E-state index contributed by atoms with van der Waals surface area (Å²) >= 11 is 0. The van der Waals surface area contributed by atoms with Gasteiger partial charge in [0.15, 0.2) is 0 Å². The van der Waals surface area contributed by atoms with Crippen LogP contribution in [0, 0.1) is 5.41 Å². The van der Waals surface area contributed by atoms with Crippen LogP contribution >= 0.6 is 0 Å². The van der Waals surface area contributed by atoms with Crippen LogP contribution in [0.5, 0.6) is 0 Å². The molecule has 0 spiro atoms. The lowest BCUT2D eigenvalue weighted by Gasteiger charge is -2.32. The van der Waals surface area contributed by atoms with Crippen molar-refractivity contribution in [3.63, 3.8) is 0 Å². The zero-order chi connectivity index (χ0) is 9.61. The van der Waals surface area contributed by atoms with E-state index in [9.17, 15) is 5.11 Å². The first kappa shape index (κ1) is 12.0. The highest BCUT2D eigenvalue weighted by molar-refractivity contribution is 4.77. The van der Waals surface area contributed by atoms with Crippen LogP contribution in [0.4, 0.5) is 0 Å². The second-order valence-electron chi connectivity index (χ2n) is 4.01. The molecule has 0 bridgehead atoms. The van der Waals surface area contributed by atoms with E-state index in [0.717, 1.165) is 6.42 Å². The Hall–Kier alpha value is -0.0400. The molecule has 0 aliphatic carbocycles. The summed E-state index contributed by atoms with van der Waals surface area (Å²) < 4.78 is 0. The fraction of sp³-hybridized carbons (Fsp3) is 1.00. The van der Waals surface area contributed by atoms with Gasteiger partial charge >= 0.3 is 0 Å². The molecule has 0 radical (unpaired) electrons. The van der Waals surface area contributed by atoms with Crippen molar-refractivity contribution in [1.29, 1.82) is 0 Å². The average molecular weight is 172 g/mol. The largest absolute Gasteiger partial charge is 0.393 e. The number of hydrogen-bond acceptors (Lipinski definition) is 1. The summed E-state index contributed by atoms with van der Waals surface area (Å²) in [4.78, 5) is 0. The van der Waals surface area contributed by atoms with Crippen molar-refractivity contribution >= 4 is 0 Å². The van der Waals surface area contributed by atoms with Crippen LogP contribution in [0.3, 0.4) is 0 Å². The Labute approximate surface area is 77.2 Å². The topological polar surface area (TPSA) is 20.2 Å². The van der Waals surface area contributed by atoms with Crippen molar-refractivity contribution in [2.75, 3.05) is 0 Å². The highest BCUT2D eigenvalue weighted by atomic mass is 16.3. The SMILES string of the molecule is CCCC(CC)(CC)CC(C)O. The lowest BCUT2D eigenvalue weighted by Crippen LogP contribution is -2.23. The van der Waals surface area contributed by atoms with E-state index in [1.165, 1.54) is 25.7 Å². The quantitative estimate of drug-likeness (QED) is 0.651. The average Bonchev–Trinajstić information content (AvgIpc) is 2.03. The molecule has 0 aromatic rings. The summed E-state index contributed by atoms with van der Waals surface area (Å²) in [5, 5.41) is 9.38. The molecule has 0 aliphatic heterocycles. The number of aliphatic hydroxyl groups is 1. The summed E-state index contributed by atoms with van der Waals surface area (Å²) in [5.74, 6) is 0. The minimum atomic E-state index is -0.142. The van der Waals surface area contributed by atoms with Crippen LogP contribution in [-0.4, -0.2) is 11.2 Å². The summed E-state index contributed by atoms with van der Waals surface area (Å²) in [5.41, 5.74) is 0.406. The molecular formula is C11H24O. The van der Waals surface area contributed by atoms with Gasteiger partial charge in [-0.25, -0.2) is 0 Å². The minimum absolute atomic E-state index is 0.142. The minimum Gasteiger partial charge on any atom is -0.393 e. The third kappa shape index (κ3) is 3.57. The zero-order valence-electron chi connectivity index (χ0n) is 9.06. The molecule has 1 heteroatoms. The molecule has 1 unspecified atom stereocenters. The summed E-state index contributed by atoms with van der Waals surface area (Å²) in [6.45, 7) is 8.60. The first-order chi connectivity index (χ1) is 5.60. The van der Waals surface area contributed by atoms with Crippen LogP contribution in [0.1, 0.15) is 59.8 Å². The molecule has 0 aromatic heterocycles. The van der Waals surface area contributed by atoms with Crippen molar-refractivity contribution < 1.29 is 5.11 Å². The molecule has 0 fully saturated rings. The predicted octanol–water partition coefficient (Wildman–Crippen LogP) is 3.36. The molecule has 0 saturated heterocycles. The molecule has 0 aromatic carbocycles. The van der Waals surface area contributed by atoms with Crippen LogP contribution < -0.4 is 0 Å². The Morgan fingerprint density at radius 1 is 1.17 bits per heavy atom. The van der Waals surface area contributed by atoms with E-state index in [4.69, 9.17) is 0 Å². The van der Waals surface area contributed by atoms with E-state index < -0.39 is 0 Å². The Morgan fingerprint density at radius 2 is 1.67 bits per heavy atom. The number of rotatable bonds is 6. The molecule has 0 rings (SSSR count). The Balaban J connectivity index is 4.13. The summed E-state index contributed by atoms with van der Waals surface area (Å²) in [6.07, 6.45) is 5.70. The Bertz CT molecular complexity index is 104. The monoisotopic (exact) mass is 172 g/mol. The highest BCUT2D eigenvalue weighted by Crippen LogP contribution is 2.36. The first-order valence-corrected chi connectivity index (χ1v) is 5.28. The van der Waals surface area contributed by atoms with Gasteiger partial charge in [-0.3, -0.25) is 0 Å². The second-order valence-corrected chi connectivity index (χ2v) is 4.01. The molecule has 0 heterocycles. The maximum atomic E-state index is 9.38. The first-order valence-electron chi connectivity index (χ1n) is 5.28. The van der Waals surface area contributed by atoms with Crippen LogP contribution in [0.25, 0.3) is 0 Å². The van der Waals surface area contributed by atoms with Gasteiger partial charge in [0.1, 0.15) is 0 Å². The molecule has 1 nitrogen and oxygen atoms in total. The molecule has 0 aliphatic rings. The fourth-order valence-corrected chi connectivity index (χ4v) is 2.15.